The topological polar surface area (TPSA) is 67.8 Å². The second-order valence-corrected chi connectivity index (χ2v) is 8.74. The highest BCUT2D eigenvalue weighted by Gasteiger charge is 2.21. The van der Waals surface area contributed by atoms with Gasteiger partial charge in [-0.15, -0.1) is 0 Å². The van der Waals surface area contributed by atoms with Gasteiger partial charge < -0.3 is 5.32 Å². The van der Waals surface area contributed by atoms with E-state index in [1.165, 1.54) is 5.56 Å². The van der Waals surface area contributed by atoms with Gasteiger partial charge in [0, 0.05) is 30.1 Å². The van der Waals surface area contributed by atoms with E-state index >= 15 is 0 Å². The molecule has 0 fully saturated rings. The zero-order valence-electron chi connectivity index (χ0n) is 18.8. The van der Waals surface area contributed by atoms with Gasteiger partial charge in [-0.05, 0) is 56.0 Å². The molecule has 0 spiro atoms. The summed E-state index contributed by atoms with van der Waals surface area (Å²) in [7, 11) is 0. The monoisotopic (exact) mass is 490 g/mol. The van der Waals surface area contributed by atoms with Crippen molar-refractivity contribution in [3.05, 3.63) is 99.9 Å². The first-order chi connectivity index (χ1) is 16.5. The van der Waals surface area contributed by atoms with E-state index in [2.05, 4.69) is 27.4 Å². The van der Waals surface area contributed by atoms with Crippen LogP contribution in [0.3, 0.4) is 0 Å². The maximum absolute atomic E-state index is 13.2. The summed E-state index contributed by atoms with van der Waals surface area (Å²) in [6.07, 6.45) is 6.22. The largest absolute Gasteiger partial charge is 0.352 e. The van der Waals surface area contributed by atoms with Crippen LogP contribution in [0.15, 0.2) is 73.1 Å². The molecule has 1 N–H and O–H groups in total. The third-order valence-electron chi connectivity index (χ3n) is 5.45. The Morgan fingerprint density at radius 3 is 2.47 bits per heavy atom. The molecule has 0 unspecified atom stereocenters. The molecule has 2 aromatic heterocycles. The van der Waals surface area contributed by atoms with Crippen molar-refractivity contribution in [1.29, 1.82) is 0 Å². The summed E-state index contributed by atoms with van der Waals surface area (Å²) >= 11 is 12.4. The molecular formula is C27H24Cl2N4O. The van der Waals surface area contributed by atoms with E-state index in [0.717, 1.165) is 24.8 Å². The second-order valence-electron chi connectivity index (χ2n) is 7.93. The Morgan fingerprint density at radius 1 is 0.912 bits per heavy atom. The molecule has 0 saturated heterocycles. The molecule has 7 heteroatoms. The Morgan fingerprint density at radius 2 is 1.74 bits per heavy atom. The Balaban J connectivity index is 1.57. The summed E-state index contributed by atoms with van der Waals surface area (Å²) in [4.78, 5) is 26.7. The minimum Gasteiger partial charge on any atom is -0.352 e. The smallest absolute Gasteiger partial charge is 0.255 e. The molecule has 0 aliphatic heterocycles. The predicted molar refractivity (Wildman–Crippen MR) is 137 cm³/mol. The number of halogens is 2. The van der Waals surface area contributed by atoms with E-state index in [-0.39, 0.29) is 5.91 Å². The average molecular weight is 491 g/mol. The van der Waals surface area contributed by atoms with Crippen LogP contribution in [0.1, 0.15) is 34.5 Å². The van der Waals surface area contributed by atoms with Crippen LogP contribution in [-0.4, -0.2) is 27.4 Å². The maximum atomic E-state index is 13.2. The molecule has 0 radical (unpaired) electrons. The summed E-state index contributed by atoms with van der Waals surface area (Å²) in [5, 5.41) is 3.86. The lowest BCUT2D eigenvalue weighted by Crippen LogP contribution is -2.27. The highest BCUT2D eigenvalue weighted by molar-refractivity contribution is 6.42. The van der Waals surface area contributed by atoms with E-state index in [0.29, 0.717) is 44.9 Å². The normalized spacial score (nSPS) is 10.8. The predicted octanol–water partition coefficient (Wildman–Crippen LogP) is 6.57. The van der Waals surface area contributed by atoms with Gasteiger partial charge in [0.05, 0.1) is 27.0 Å². The second kappa shape index (κ2) is 11.2. The lowest BCUT2D eigenvalue weighted by molar-refractivity contribution is 0.0952. The number of benzene rings is 2. The minimum atomic E-state index is -0.212. The van der Waals surface area contributed by atoms with Crippen molar-refractivity contribution in [1.82, 2.24) is 20.3 Å². The number of nitrogens with zero attached hydrogens (tertiary/aromatic N) is 3. The fraction of sp³-hybridized carbons (Fsp3) is 0.185. The highest BCUT2D eigenvalue weighted by Crippen LogP contribution is 2.31. The van der Waals surface area contributed by atoms with Crippen molar-refractivity contribution in [2.75, 3.05) is 6.54 Å². The van der Waals surface area contributed by atoms with Crippen LogP contribution in [0.5, 0.6) is 0 Å². The molecule has 0 atom stereocenters. The molecule has 2 aromatic carbocycles. The number of aromatic nitrogens is 3. The molecule has 172 valence electrons. The van der Waals surface area contributed by atoms with Crippen molar-refractivity contribution >= 4 is 29.1 Å². The number of hydrogen-bond acceptors (Lipinski definition) is 4. The first kappa shape index (κ1) is 23.9. The lowest BCUT2D eigenvalue weighted by atomic mass is 10.0. The number of carbonyl (C=O) groups excluding carboxylic acids is 1. The molecular weight excluding hydrogens is 467 g/mol. The van der Waals surface area contributed by atoms with E-state index in [9.17, 15) is 4.79 Å². The van der Waals surface area contributed by atoms with Gasteiger partial charge in [-0.3, -0.25) is 9.78 Å². The first-order valence-electron chi connectivity index (χ1n) is 11.1. The highest BCUT2D eigenvalue weighted by atomic mass is 35.5. The average Bonchev–Trinajstić information content (AvgIpc) is 2.86. The maximum Gasteiger partial charge on any atom is 0.255 e. The van der Waals surface area contributed by atoms with E-state index in [1.54, 1.807) is 30.6 Å². The quantitative estimate of drug-likeness (QED) is 0.283. The van der Waals surface area contributed by atoms with E-state index in [1.807, 2.05) is 37.3 Å². The van der Waals surface area contributed by atoms with Crippen molar-refractivity contribution in [2.45, 2.75) is 26.2 Å². The van der Waals surface area contributed by atoms with Crippen LogP contribution in [0.2, 0.25) is 10.0 Å². The fourth-order valence-electron chi connectivity index (χ4n) is 3.71. The number of amides is 1. The first-order valence-corrected chi connectivity index (χ1v) is 11.8. The van der Waals surface area contributed by atoms with Crippen molar-refractivity contribution in [3.8, 4) is 22.6 Å². The molecule has 4 rings (SSSR count). The number of nitrogens with one attached hydrogen (secondary N) is 1. The van der Waals surface area contributed by atoms with Gasteiger partial charge in [-0.2, -0.15) is 0 Å². The zero-order valence-corrected chi connectivity index (χ0v) is 20.3. The van der Waals surface area contributed by atoms with Crippen LogP contribution in [0.25, 0.3) is 22.6 Å². The molecule has 1 amide bonds. The van der Waals surface area contributed by atoms with E-state index < -0.39 is 0 Å². The van der Waals surface area contributed by atoms with Crippen LogP contribution in [-0.2, 0) is 6.42 Å². The number of hydrogen-bond donors (Lipinski definition) is 1. The number of rotatable bonds is 8. The Bertz CT molecular complexity index is 1280. The lowest BCUT2D eigenvalue weighted by Gasteiger charge is -2.14. The summed E-state index contributed by atoms with van der Waals surface area (Å²) in [6.45, 7) is 2.38. The zero-order chi connectivity index (χ0) is 23.9. The third kappa shape index (κ3) is 5.79. The summed E-state index contributed by atoms with van der Waals surface area (Å²) in [6, 6.07) is 19.3. The number of carbonyl (C=O) groups is 1. The van der Waals surface area contributed by atoms with Crippen LogP contribution in [0.4, 0.5) is 0 Å². The standard InChI is InChI=1S/C27H24Cl2N4O/c1-18-24(27(34)31-15-6-5-10-19-8-3-2-4-9-19)25(20-12-13-22(28)23(29)16-20)33-26(32-18)21-11-7-14-30-17-21/h2-4,7-9,11-14,16-17H,5-6,10,15H2,1H3,(H,31,34). The molecule has 34 heavy (non-hydrogen) atoms. The van der Waals surface area contributed by atoms with Crippen LogP contribution in [0, 0.1) is 6.92 Å². The van der Waals surface area contributed by atoms with Gasteiger partial charge in [0.25, 0.3) is 5.91 Å². The van der Waals surface area contributed by atoms with E-state index in [4.69, 9.17) is 28.2 Å². The van der Waals surface area contributed by atoms with Gasteiger partial charge in [0.2, 0.25) is 0 Å². The van der Waals surface area contributed by atoms with Gasteiger partial charge >= 0.3 is 0 Å². The van der Waals surface area contributed by atoms with Crippen molar-refractivity contribution < 1.29 is 4.79 Å². The molecule has 5 nitrogen and oxygen atoms in total. The number of aryl methyl sites for hydroxylation is 2. The summed E-state index contributed by atoms with van der Waals surface area (Å²) in [5.41, 5.74) is 4.27. The third-order valence-corrected chi connectivity index (χ3v) is 6.19. The van der Waals surface area contributed by atoms with Gasteiger partial charge in [-0.25, -0.2) is 9.97 Å². The molecule has 0 aliphatic carbocycles. The number of unbranched alkanes of at least 4 members (excludes halogenated alkanes) is 1. The van der Waals surface area contributed by atoms with Gasteiger partial charge in [-0.1, -0.05) is 59.6 Å². The molecule has 0 saturated carbocycles. The fourth-order valence-corrected chi connectivity index (χ4v) is 4.01. The molecule has 0 bridgehead atoms. The number of pyridine rings is 1. The Hall–Kier alpha value is -3.28. The molecule has 0 aliphatic rings. The van der Waals surface area contributed by atoms with Crippen LogP contribution >= 0.6 is 23.2 Å². The SMILES string of the molecule is Cc1nc(-c2cccnc2)nc(-c2ccc(Cl)c(Cl)c2)c1C(=O)NCCCCc1ccccc1. The van der Waals surface area contributed by atoms with Gasteiger partial charge in [0.1, 0.15) is 0 Å². The summed E-state index contributed by atoms with van der Waals surface area (Å²) < 4.78 is 0. The van der Waals surface area contributed by atoms with Gasteiger partial charge in [0.15, 0.2) is 5.82 Å². The van der Waals surface area contributed by atoms with Crippen molar-refractivity contribution in [3.63, 3.8) is 0 Å². The minimum absolute atomic E-state index is 0.212. The molecule has 4 aromatic rings. The summed E-state index contributed by atoms with van der Waals surface area (Å²) in [5.74, 6) is 0.280. The molecule has 2 heterocycles. The van der Waals surface area contributed by atoms with Crippen LogP contribution < -0.4 is 5.32 Å². The van der Waals surface area contributed by atoms with Crippen molar-refractivity contribution in [2.24, 2.45) is 0 Å². The Kier molecular flexibility index (Phi) is 7.88. The Labute approximate surface area is 209 Å².